The molecule has 5 nitrogen and oxygen atoms in total. The average molecular weight is 259 g/mol. The lowest BCUT2D eigenvalue weighted by Gasteiger charge is -2.14. The lowest BCUT2D eigenvalue weighted by molar-refractivity contribution is 0.478. The summed E-state index contributed by atoms with van der Waals surface area (Å²) in [5, 5.41) is 3.92. The number of para-hydroxylation sites is 1. The molecule has 19 heavy (non-hydrogen) atoms. The van der Waals surface area contributed by atoms with Crippen LogP contribution in [0.1, 0.15) is 12.8 Å². The van der Waals surface area contributed by atoms with E-state index in [1.165, 1.54) is 4.57 Å². The number of aryl methyl sites for hydroxylation is 1. The van der Waals surface area contributed by atoms with Gasteiger partial charge < -0.3 is 5.32 Å². The van der Waals surface area contributed by atoms with Crippen LogP contribution in [-0.4, -0.2) is 21.7 Å². The molecule has 2 aromatic rings. The predicted octanol–water partition coefficient (Wildman–Crippen LogP) is 0.452. The Labute approximate surface area is 110 Å². The van der Waals surface area contributed by atoms with Gasteiger partial charge in [0.2, 0.25) is 0 Å². The summed E-state index contributed by atoms with van der Waals surface area (Å²) in [6.45, 7) is 1.42. The van der Waals surface area contributed by atoms with Gasteiger partial charge in [0.05, 0.1) is 10.9 Å². The Bertz CT molecular complexity index is 724. The number of hydrogen-bond acceptors (Lipinski definition) is 3. The summed E-state index contributed by atoms with van der Waals surface area (Å²) in [6.07, 6.45) is 2.12. The van der Waals surface area contributed by atoms with Crippen LogP contribution in [0, 0.1) is 0 Å². The van der Waals surface area contributed by atoms with Gasteiger partial charge in [-0.3, -0.25) is 13.9 Å². The first-order chi connectivity index (χ1) is 9.18. The second-order valence-electron chi connectivity index (χ2n) is 5.07. The summed E-state index contributed by atoms with van der Waals surface area (Å²) < 4.78 is 2.90. The molecule has 0 radical (unpaired) electrons. The van der Waals surface area contributed by atoms with E-state index in [0.717, 1.165) is 19.4 Å². The maximum atomic E-state index is 12.4. The maximum absolute atomic E-state index is 12.4. The number of fused-ring (bicyclic) bond motifs is 1. The van der Waals surface area contributed by atoms with Crippen molar-refractivity contribution in [2.24, 2.45) is 7.05 Å². The number of benzene rings is 1. The quantitative estimate of drug-likeness (QED) is 0.852. The van der Waals surface area contributed by atoms with Crippen molar-refractivity contribution >= 4 is 10.9 Å². The standard InChI is InChI=1S/C14H17N3O2/c1-16-12-7-3-2-6-11(12)13(18)17(14(16)19)9-10-5-4-8-15-10/h2-3,6-7,10,15H,4-5,8-9H2,1H3. The Balaban J connectivity index is 2.18. The normalized spacial score (nSPS) is 19.1. The lowest BCUT2D eigenvalue weighted by Crippen LogP contribution is -2.43. The molecule has 0 spiro atoms. The van der Waals surface area contributed by atoms with Gasteiger partial charge in [-0.2, -0.15) is 0 Å². The number of hydrogen-bond donors (Lipinski definition) is 1. The number of aromatic nitrogens is 2. The number of nitrogens with zero attached hydrogens (tertiary/aromatic N) is 2. The van der Waals surface area contributed by atoms with Crippen LogP contribution >= 0.6 is 0 Å². The van der Waals surface area contributed by atoms with E-state index in [1.807, 2.05) is 12.1 Å². The molecule has 2 heterocycles. The van der Waals surface area contributed by atoms with Crippen LogP contribution in [0.15, 0.2) is 33.9 Å². The van der Waals surface area contributed by atoms with E-state index in [2.05, 4.69) is 5.32 Å². The van der Waals surface area contributed by atoms with E-state index in [9.17, 15) is 9.59 Å². The highest BCUT2D eigenvalue weighted by Crippen LogP contribution is 2.08. The number of rotatable bonds is 2. The van der Waals surface area contributed by atoms with Crippen LogP contribution in [0.4, 0.5) is 0 Å². The van der Waals surface area contributed by atoms with E-state index in [-0.39, 0.29) is 17.3 Å². The predicted molar refractivity (Wildman–Crippen MR) is 74.5 cm³/mol. The number of nitrogens with one attached hydrogen (secondary N) is 1. The molecular weight excluding hydrogens is 242 g/mol. The van der Waals surface area contributed by atoms with E-state index in [1.54, 1.807) is 23.7 Å². The molecule has 0 saturated carbocycles. The fourth-order valence-electron chi connectivity index (χ4n) is 2.76. The summed E-state index contributed by atoms with van der Waals surface area (Å²) in [7, 11) is 1.71. The highest BCUT2D eigenvalue weighted by Gasteiger charge is 2.18. The van der Waals surface area contributed by atoms with Crippen LogP contribution < -0.4 is 16.6 Å². The summed E-state index contributed by atoms with van der Waals surface area (Å²) >= 11 is 0. The largest absolute Gasteiger partial charge is 0.331 e. The monoisotopic (exact) mass is 259 g/mol. The van der Waals surface area contributed by atoms with E-state index in [0.29, 0.717) is 17.4 Å². The molecule has 1 aromatic carbocycles. The highest BCUT2D eigenvalue weighted by atomic mass is 16.2. The second-order valence-corrected chi connectivity index (χ2v) is 5.07. The molecule has 1 N–H and O–H groups in total. The van der Waals surface area contributed by atoms with Crippen molar-refractivity contribution in [3.05, 3.63) is 45.1 Å². The van der Waals surface area contributed by atoms with Crippen molar-refractivity contribution in [3.8, 4) is 0 Å². The van der Waals surface area contributed by atoms with Gasteiger partial charge in [-0.1, -0.05) is 12.1 Å². The van der Waals surface area contributed by atoms with E-state index < -0.39 is 0 Å². The van der Waals surface area contributed by atoms with Crippen molar-refractivity contribution in [1.29, 1.82) is 0 Å². The van der Waals surface area contributed by atoms with Gasteiger partial charge in [0.25, 0.3) is 5.56 Å². The maximum Gasteiger partial charge on any atom is 0.331 e. The zero-order valence-corrected chi connectivity index (χ0v) is 10.9. The van der Waals surface area contributed by atoms with Crippen LogP contribution in [-0.2, 0) is 13.6 Å². The first kappa shape index (κ1) is 12.2. The molecule has 0 aliphatic carbocycles. The van der Waals surface area contributed by atoms with Crippen molar-refractivity contribution in [2.45, 2.75) is 25.4 Å². The Morgan fingerprint density at radius 3 is 2.84 bits per heavy atom. The third-order valence-corrected chi connectivity index (χ3v) is 3.82. The lowest BCUT2D eigenvalue weighted by atomic mass is 10.2. The van der Waals surface area contributed by atoms with Gasteiger partial charge in [-0.05, 0) is 31.5 Å². The van der Waals surface area contributed by atoms with Gasteiger partial charge >= 0.3 is 5.69 Å². The molecule has 1 unspecified atom stereocenters. The van der Waals surface area contributed by atoms with Gasteiger partial charge in [0, 0.05) is 19.6 Å². The molecule has 100 valence electrons. The van der Waals surface area contributed by atoms with Crippen molar-refractivity contribution in [2.75, 3.05) is 6.54 Å². The summed E-state index contributed by atoms with van der Waals surface area (Å²) in [6, 6.07) is 7.47. The first-order valence-electron chi connectivity index (χ1n) is 6.60. The smallest absolute Gasteiger partial charge is 0.312 e. The molecule has 0 amide bonds. The minimum Gasteiger partial charge on any atom is -0.312 e. The third-order valence-electron chi connectivity index (χ3n) is 3.82. The fourth-order valence-corrected chi connectivity index (χ4v) is 2.76. The Kier molecular flexibility index (Phi) is 2.98. The van der Waals surface area contributed by atoms with Gasteiger partial charge in [-0.15, -0.1) is 0 Å². The Hall–Kier alpha value is -1.88. The van der Waals surface area contributed by atoms with Crippen molar-refractivity contribution in [3.63, 3.8) is 0 Å². The van der Waals surface area contributed by atoms with E-state index >= 15 is 0 Å². The summed E-state index contributed by atoms with van der Waals surface area (Å²) in [5.74, 6) is 0. The molecule has 0 bridgehead atoms. The molecular formula is C14H17N3O2. The summed E-state index contributed by atoms with van der Waals surface area (Å²) in [4.78, 5) is 24.7. The van der Waals surface area contributed by atoms with Crippen LogP contribution in [0.2, 0.25) is 0 Å². The zero-order chi connectivity index (χ0) is 13.4. The Morgan fingerprint density at radius 2 is 2.11 bits per heavy atom. The zero-order valence-electron chi connectivity index (χ0n) is 10.9. The second kappa shape index (κ2) is 4.66. The molecule has 1 saturated heterocycles. The van der Waals surface area contributed by atoms with Crippen molar-refractivity contribution < 1.29 is 0 Å². The molecule has 5 heteroatoms. The average Bonchev–Trinajstić information content (AvgIpc) is 2.94. The van der Waals surface area contributed by atoms with Crippen LogP contribution in [0.25, 0.3) is 10.9 Å². The molecule has 1 aromatic heterocycles. The van der Waals surface area contributed by atoms with Crippen molar-refractivity contribution in [1.82, 2.24) is 14.5 Å². The minimum atomic E-state index is -0.239. The van der Waals surface area contributed by atoms with Crippen LogP contribution in [0.3, 0.4) is 0 Å². The molecule has 3 rings (SSSR count). The fraction of sp³-hybridized carbons (Fsp3) is 0.429. The van der Waals surface area contributed by atoms with E-state index in [4.69, 9.17) is 0 Å². The molecule has 1 atom stereocenters. The third kappa shape index (κ3) is 2.00. The van der Waals surface area contributed by atoms with Crippen LogP contribution in [0.5, 0.6) is 0 Å². The SMILES string of the molecule is Cn1c(=O)n(CC2CCCN2)c(=O)c2ccccc21. The Morgan fingerprint density at radius 1 is 1.32 bits per heavy atom. The topological polar surface area (TPSA) is 56.0 Å². The van der Waals surface area contributed by atoms with Gasteiger partial charge in [0.15, 0.2) is 0 Å². The first-order valence-corrected chi connectivity index (χ1v) is 6.60. The molecule has 1 aliphatic rings. The minimum absolute atomic E-state index is 0.188. The summed E-state index contributed by atoms with van der Waals surface area (Å²) in [5.41, 5.74) is 0.262. The van der Waals surface area contributed by atoms with Gasteiger partial charge in [-0.25, -0.2) is 4.79 Å². The molecule has 1 aliphatic heterocycles. The highest BCUT2D eigenvalue weighted by molar-refractivity contribution is 5.77. The molecule has 1 fully saturated rings. The van der Waals surface area contributed by atoms with Gasteiger partial charge in [0.1, 0.15) is 0 Å².